The summed E-state index contributed by atoms with van der Waals surface area (Å²) >= 11 is 0. The average Bonchev–Trinajstić information content (AvgIpc) is 2.92. The number of carbonyl (C=O) groups is 2. The molecule has 0 aliphatic carbocycles. The number of anilines is 1. The fourth-order valence-electron chi connectivity index (χ4n) is 2.01. The highest BCUT2D eigenvalue weighted by Gasteiger charge is 2.19. The molecule has 1 aliphatic heterocycles. The molecule has 18 heavy (non-hydrogen) atoms. The minimum atomic E-state index is -0.242. The molecule has 3 N–H and O–H groups in total. The number of nitrogens with zero attached hydrogens (tertiary/aromatic N) is 1. The first-order valence-corrected chi connectivity index (χ1v) is 6.10. The highest BCUT2D eigenvalue weighted by Crippen LogP contribution is 2.15. The number of benzene rings is 1. The van der Waals surface area contributed by atoms with Crippen molar-refractivity contribution >= 4 is 17.5 Å². The van der Waals surface area contributed by atoms with Gasteiger partial charge in [-0.2, -0.15) is 0 Å². The summed E-state index contributed by atoms with van der Waals surface area (Å²) < 4.78 is 0. The Kier molecular flexibility index (Phi) is 3.94. The van der Waals surface area contributed by atoms with Crippen molar-refractivity contribution in [2.24, 2.45) is 5.73 Å². The Balaban J connectivity index is 2.02. The number of hydrogen-bond donors (Lipinski definition) is 2. The molecule has 1 saturated heterocycles. The maximum absolute atomic E-state index is 12.1. The van der Waals surface area contributed by atoms with Gasteiger partial charge in [-0.15, -0.1) is 0 Å². The zero-order valence-corrected chi connectivity index (χ0v) is 10.2. The maximum Gasteiger partial charge on any atom is 0.253 e. The highest BCUT2D eigenvalue weighted by molar-refractivity contribution is 5.96. The van der Waals surface area contributed by atoms with Gasteiger partial charge in [0.1, 0.15) is 0 Å². The predicted molar refractivity (Wildman–Crippen MR) is 69.3 cm³/mol. The summed E-state index contributed by atoms with van der Waals surface area (Å²) in [6.07, 6.45) is 2.16. The van der Waals surface area contributed by atoms with Gasteiger partial charge in [-0.1, -0.05) is 0 Å². The summed E-state index contributed by atoms with van der Waals surface area (Å²) in [6.45, 7) is 1.63. The summed E-state index contributed by atoms with van der Waals surface area (Å²) in [4.78, 5) is 25.0. The Morgan fingerprint density at radius 3 is 2.33 bits per heavy atom. The number of rotatable bonds is 3. The van der Waals surface area contributed by atoms with Crippen LogP contribution in [0.4, 0.5) is 5.69 Å². The molecule has 1 fully saturated rings. The van der Waals surface area contributed by atoms with Crippen molar-refractivity contribution in [3.05, 3.63) is 29.8 Å². The molecule has 1 aliphatic rings. The molecule has 0 bridgehead atoms. The normalized spacial score (nSPS) is 14.6. The van der Waals surface area contributed by atoms with Crippen LogP contribution in [-0.2, 0) is 4.79 Å². The lowest BCUT2D eigenvalue weighted by atomic mass is 10.2. The van der Waals surface area contributed by atoms with E-state index < -0.39 is 0 Å². The summed E-state index contributed by atoms with van der Waals surface area (Å²) in [6, 6.07) is 6.90. The third-order valence-corrected chi connectivity index (χ3v) is 2.99. The number of likely N-dealkylation sites (tertiary alicyclic amines) is 1. The van der Waals surface area contributed by atoms with E-state index in [0.29, 0.717) is 11.3 Å². The van der Waals surface area contributed by atoms with Crippen LogP contribution >= 0.6 is 0 Å². The molecule has 0 spiro atoms. The van der Waals surface area contributed by atoms with Crippen LogP contribution < -0.4 is 11.1 Å². The number of nitrogens with one attached hydrogen (secondary N) is 1. The van der Waals surface area contributed by atoms with Crippen molar-refractivity contribution in [1.82, 2.24) is 4.90 Å². The molecule has 0 unspecified atom stereocenters. The van der Waals surface area contributed by atoms with Crippen LogP contribution in [0.15, 0.2) is 24.3 Å². The topological polar surface area (TPSA) is 75.4 Å². The van der Waals surface area contributed by atoms with E-state index in [1.807, 2.05) is 4.90 Å². The zero-order chi connectivity index (χ0) is 13.0. The first kappa shape index (κ1) is 12.6. The highest BCUT2D eigenvalue weighted by atomic mass is 16.2. The van der Waals surface area contributed by atoms with Gasteiger partial charge in [-0.05, 0) is 37.1 Å². The van der Waals surface area contributed by atoms with Crippen molar-refractivity contribution in [3.8, 4) is 0 Å². The lowest BCUT2D eigenvalue weighted by Crippen LogP contribution is -2.27. The number of nitrogens with two attached hydrogens (primary N) is 1. The lowest BCUT2D eigenvalue weighted by Gasteiger charge is -2.15. The van der Waals surface area contributed by atoms with E-state index in [0.717, 1.165) is 25.9 Å². The molecular formula is C13H17N3O2. The molecule has 0 radical (unpaired) electrons. The van der Waals surface area contributed by atoms with Crippen molar-refractivity contribution in [3.63, 3.8) is 0 Å². The Morgan fingerprint density at radius 1 is 1.17 bits per heavy atom. The summed E-state index contributed by atoms with van der Waals surface area (Å²) in [7, 11) is 0. The van der Waals surface area contributed by atoms with Gasteiger partial charge in [0.25, 0.3) is 5.91 Å². The molecule has 2 amide bonds. The van der Waals surface area contributed by atoms with E-state index in [2.05, 4.69) is 5.32 Å². The largest absolute Gasteiger partial charge is 0.339 e. The van der Waals surface area contributed by atoms with Gasteiger partial charge in [0, 0.05) is 24.3 Å². The van der Waals surface area contributed by atoms with Gasteiger partial charge in [-0.25, -0.2) is 0 Å². The first-order chi connectivity index (χ1) is 8.70. The second kappa shape index (κ2) is 5.64. The van der Waals surface area contributed by atoms with Gasteiger partial charge in [0.15, 0.2) is 0 Å². The molecule has 0 atom stereocenters. The van der Waals surface area contributed by atoms with E-state index in [-0.39, 0.29) is 18.4 Å². The van der Waals surface area contributed by atoms with Crippen LogP contribution in [0.5, 0.6) is 0 Å². The molecule has 0 saturated carbocycles. The Labute approximate surface area is 106 Å². The van der Waals surface area contributed by atoms with Gasteiger partial charge in [0.05, 0.1) is 6.54 Å². The van der Waals surface area contributed by atoms with Crippen molar-refractivity contribution in [2.75, 3.05) is 25.0 Å². The molecule has 5 heteroatoms. The van der Waals surface area contributed by atoms with Crippen molar-refractivity contribution < 1.29 is 9.59 Å². The Bertz CT molecular complexity index is 436. The first-order valence-electron chi connectivity index (χ1n) is 6.10. The van der Waals surface area contributed by atoms with Crippen LogP contribution in [0, 0.1) is 0 Å². The number of hydrogen-bond acceptors (Lipinski definition) is 3. The Morgan fingerprint density at radius 2 is 1.78 bits per heavy atom. The lowest BCUT2D eigenvalue weighted by molar-refractivity contribution is -0.114. The standard InChI is InChI=1S/C13H17N3O2/c14-9-12(17)15-11-5-3-10(4-6-11)13(18)16-7-1-2-8-16/h3-6H,1-2,7-9,14H2,(H,15,17). The average molecular weight is 247 g/mol. The van der Waals surface area contributed by atoms with E-state index in [4.69, 9.17) is 5.73 Å². The summed E-state index contributed by atoms with van der Waals surface area (Å²) in [5.74, 6) is -0.183. The van der Waals surface area contributed by atoms with Crippen LogP contribution in [0.2, 0.25) is 0 Å². The molecule has 1 aromatic rings. The van der Waals surface area contributed by atoms with Gasteiger partial charge < -0.3 is 16.0 Å². The molecular weight excluding hydrogens is 230 g/mol. The van der Waals surface area contributed by atoms with Gasteiger partial charge >= 0.3 is 0 Å². The van der Waals surface area contributed by atoms with E-state index in [1.54, 1.807) is 24.3 Å². The molecule has 1 aromatic carbocycles. The van der Waals surface area contributed by atoms with Crippen LogP contribution in [-0.4, -0.2) is 36.3 Å². The van der Waals surface area contributed by atoms with Gasteiger partial charge in [-0.3, -0.25) is 9.59 Å². The van der Waals surface area contributed by atoms with Crippen LogP contribution in [0.1, 0.15) is 23.2 Å². The van der Waals surface area contributed by atoms with Crippen LogP contribution in [0.3, 0.4) is 0 Å². The molecule has 96 valence electrons. The smallest absolute Gasteiger partial charge is 0.253 e. The van der Waals surface area contributed by atoms with Crippen LogP contribution in [0.25, 0.3) is 0 Å². The monoisotopic (exact) mass is 247 g/mol. The fourth-order valence-corrected chi connectivity index (χ4v) is 2.01. The summed E-state index contributed by atoms with van der Waals surface area (Å²) in [5, 5.41) is 2.64. The number of amides is 2. The quantitative estimate of drug-likeness (QED) is 0.830. The number of carbonyl (C=O) groups excluding carboxylic acids is 2. The molecule has 1 heterocycles. The van der Waals surface area contributed by atoms with Gasteiger partial charge in [0.2, 0.25) is 5.91 Å². The minimum Gasteiger partial charge on any atom is -0.339 e. The third-order valence-electron chi connectivity index (χ3n) is 2.99. The molecule has 2 rings (SSSR count). The molecule has 5 nitrogen and oxygen atoms in total. The van der Waals surface area contributed by atoms with Crippen molar-refractivity contribution in [2.45, 2.75) is 12.8 Å². The van der Waals surface area contributed by atoms with Crippen molar-refractivity contribution in [1.29, 1.82) is 0 Å². The molecule has 0 aromatic heterocycles. The minimum absolute atomic E-state index is 0.0472. The van der Waals surface area contributed by atoms with E-state index in [9.17, 15) is 9.59 Å². The van der Waals surface area contributed by atoms with E-state index >= 15 is 0 Å². The summed E-state index contributed by atoms with van der Waals surface area (Å²) in [5.41, 5.74) is 6.52. The second-order valence-corrected chi connectivity index (χ2v) is 4.33. The SMILES string of the molecule is NCC(=O)Nc1ccc(C(=O)N2CCCC2)cc1. The second-order valence-electron chi connectivity index (χ2n) is 4.33. The zero-order valence-electron chi connectivity index (χ0n) is 10.2. The van der Waals surface area contributed by atoms with E-state index in [1.165, 1.54) is 0 Å². The third kappa shape index (κ3) is 2.87. The maximum atomic E-state index is 12.1. The fraction of sp³-hybridized carbons (Fsp3) is 0.385. The predicted octanol–water partition coefficient (Wildman–Crippen LogP) is 0.820. The Hall–Kier alpha value is -1.88.